The van der Waals surface area contributed by atoms with Gasteiger partial charge in [0.05, 0.1) is 12.2 Å². The Morgan fingerprint density at radius 1 is 1.45 bits per heavy atom. The minimum Gasteiger partial charge on any atom is -0.476 e. The van der Waals surface area contributed by atoms with Crippen LogP contribution in [0.5, 0.6) is 0 Å². The molecular weight excluding hydrogens is 323 g/mol. The van der Waals surface area contributed by atoms with E-state index in [1.165, 1.54) is 10.9 Å². The summed E-state index contributed by atoms with van der Waals surface area (Å²) < 4.78 is 39.1. The maximum Gasteiger partial charge on any atom is 0.434 e. The predicted octanol–water partition coefficient (Wildman–Crippen LogP) is 1.90. The summed E-state index contributed by atoms with van der Waals surface area (Å²) in [6.07, 6.45) is -2.50. The highest BCUT2D eigenvalue weighted by Crippen LogP contribution is 2.35. The van der Waals surface area contributed by atoms with Gasteiger partial charge >= 0.3 is 12.1 Å². The summed E-state index contributed by atoms with van der Waals surface area (Å²) in [5.41, 5.74) is -1.06. The molecule has 3 heterocycles. The van der Waals surface area contributed by atoms with Crippen molar-refractivity contribution in [3.8, 4) is 0 Å². The van der Waals surface area contributed by atoms with E-state index in [-0.39, 0.29) is 11.7 Å². The van der Waals surface area contributed by atoms with Crippen LogP contribution in [0.1, 0.15) is 28.6 Å². The van der Waals surface area contributed by atoms with Gasteiger partial charge in [0.1, 0.15) is 0 Å². The first-order chi connectivity index (χ1) is 10.3. The standard InChI is InChI=1S/C11H10F3N5O2S/c12-11(13,14)8-5-22-10(15-8)18-2-1-6(3-18)19-4-7(9(20)21)16-17-19/h4-6H,1-3H2,(H,20,21). The highest BCUT2D eigenvalue weighted by molar-refractivity contribution is 7.13. The number of carboxylic acid groups (broad SMARTS) is 1. The zero-order valence-corrected chi connectivity index (χ0v) is 11.8. The van der Waals surface area contributed by atoms with Crippen LogP contribution in [-0.2, 0) is 6.18 Å². The van der Waals surface area contributed by atoms with Crippen LogP contribution >= 0.6 is 11.3 Å². The van der Waals surface area contributed by atoms with Crippen LogP contribution in [0.4, 0.5) is 18.3 Å². The first-order valence-electron chi connectivity index (χ1n) is 6.27. The van der Waals surface area contributed by atoms with E-state index in [1.54, 1.807) is 4.90 Å². The summed E-state index contributed by atoms with van der Waals surface area (Å²) in [5, 5.41) is 17.4. The maximum atomic E-state index is 12.6. The molecule has 118 valence electrons. The number of carboxylic acids is 1. The molecule has 0 spiro atoms. The number of carbonyl (C=O) groups is 1. The van der Waals surface area contributed by atoms with Gasteiger partial charge in [0.2, 0.25) is 0 Å². The van der Waals surface area contributed by atoms with Crippen molar-refractivity contribution in [2.45, 2.75) is 18.6 Å². The number of anilines is 1. The number of alkyl halides is 3. The Kier molecular flexibility index (Phi) is 3.51. The van der Waals surface area contributed by atoms with Crippen molar-refractivity contribution in [1.29, 1.82) is 0 Å². The SMILES string of the molecule is O=C(O)c1cn(C2CCN(c3nc(C(F)(F)F)cs3)C2)nn1. The first kappa shape index (κ1) is 14.8. The van der Waals surface area contributed by atoms with Gasteiger partial charge in [-0.1, -0.05) is 5.21 Å². The Bertz CT molecular complexity index is 698. The molecule has 0 amide bonds. The molecule has 0 bridgehead atoms. The molecule has 2 aromatic rings. The van der Waals surface area contributed by atoms with Crippen molar-refractivity contribution >= 4 is 22.4 Å². The number of nitrogens with zero attached hydrogens (tertiary/aromatic N) is 5. The van der Waals surface area contributed by atoms with Gasteiger partial charge in [-0.05, 0) is 6.42 Å². The first-order valence-corrected chi connectivity index (χ1v) is 7.15. The highest BCUT2D eigenvalue weighted by atomic mass is 32.1. The maximum absolute atomic E-state index is 12.6. The lowest BCUT2D eigenvalue weighted by Gasteiger charge is -2.14. The highest BCUT2D eigenvalue weighted by Gasteiger charge is 2.35. The summed E-state index contributed by atoms with van der Waals surface area (Å²) >= 11 is 0.936. The number of hydrogen-bond donors (Lipinski definition) is 1. The molecule has 2 aromatic heterocycles. The lowest BCUT2D eigenvalue weighted by atomic mass is 10.3. The topological polar surface area (TPSA) is 84.1 Å². The van der Waals surface area contributed by atoms with Crippen molar-refractivity contribution in [1.82, 2.24) is 20.0 Å². The number of hydrogen-bond acceptors (Lipinski definition) is 6. The van der Waals surface area contributed by atoms with E-state index in [4.69, 9.17) is 5.11 Å². The third kappa shape index (κ3) is 2.75. The molecule has 11 heteroatoms. The van der Waals surface area contributed by atoms with Gasteiger partial charge in [-0.3, -0.25) is 0 Å². The summed E-state index contributed by atoms with van der Waals surface area (Å²) in [7, 11) is 0. The molecule has 22 heavy (non-hydrogen) atoms. The van der Waals surface area contributed by atoms with E-state index in [9.17, 15) is 18.0 Å². The Hall–Kier alpha value is -2.17. The molecule has 1 unspecified atom stereocenters. The zero-order valence-electron chi connectivity index (χ0n) is 11.0. The summed E-state index contributed by atoms with van der Waals surface area (Å²) in [4.78, 5) is 16.1. The third-order valence-corrected chi connectivity index (χ3v) is 4.22. The molecule has 7 nitrogen and oxygen atoms in total. The fourth-order valence-corrected chi connectivity index (χ4v) is 3.09. The molecule has 0 aromatic carbocycles. The Balaban J connectivity index is 1.71. The van der Waals surface area contributed by atoms with Crippen LogP contribution < -0.4 is 4.90 Å². The number of aromatic nitrogens is 4. The monoisotopic (exact) mass is 333 g/mol. The second-order valence-corrected chi connectivity index (χ2v) is 5.63. The fourth-order valence-electron chi connectivity index (χ4n) is 2.22. The van der Waals surface area contributed by atoms with Crippen LogP contribution in [0, 0.1) is 0 Å². The molecule has 1 N–H and O–H groups in total. The number of aromatic carboxylic acids is 1. The average molecular weight is 333 g/mol. The molecule has 0 radical (unpaired) electrons. The van der Waals surface area contributed by atoms with Crippen LogP contribution in [0.15, 0.2) is 11.6 Å². The molecule has 1 fully saturated rings. The number of halogens is 3. The van der Waals surface area contributed by atoms with Gasteiger partial charge in [0.25, 0.3) is 0 Å². The second kappa shape index (κ2) is 5.23. The van der Waals surface area contributed by atoms with Crippen molar-refractivity contribution in [3.63, 3.8) is 0 Å². The lowest BCUT2D eigenvalue weighted by Crippen LogP contribution is -2.21. The van der Waals surface area contributed by atoms with Crippen LogP contribution in [0.25, 0.3) is 0 Å². The van der Waals surface area contributed by atoms with Gasteiger partial charge in [-0.2, -0.15) is 13.2 Å². The molecule has 1 aliphatic rings. The van der Waals surface area contributed by atoms with Gasteiger partial charge in [0.15, 0.2) is 16.5 Å². The molecule has 1 atom stereocenters. The third-order valence-electron chi connectivity index (χ3n) is 3.32. The van der Waals surface area contributed by atoms with E-state index in [1.807, 2.05) is 0 Å². The smallest absolute Gasteiger partial charge is 0.434 e. The van der Waals surface area contributed by atoms with Crippen molar-refractivity contribution in [2.75, 3.05) is 18.0 Å². The van der Waals surface area contributed by atoms with Crippen LogP contribution in [0.2, 0.25) is 0 Å². The fraction of sp³-hybridized carbons (Fsp3) is 0.455. The Labute approximate surface area is 126 Å². The van der Waals surface area contributed by atoms with Crippen molar-refractivity contribution < 1.29 is 23.1 Å². The van der Waals surface area contributed by atoms with Gasteiger partial charge < -0.3 is 10.0 Å². The number of thiazole rings is 1. The normalized spacial score (nSPS) is 18.9. The molecule has 0 aliphatic carbocycles. The van der Waals surface area contributed by atoms with E-state index in [2.05, 4.69) is 15.3 Å². The molecule has 1 aliphatic heterocycles. The van der Waals surface area contributed by atoms with Gasteiger partial charge in [-0.15, -0.1) is 16.4 Å². The molecule has 1 saturated heterocycles. The average Bonchev–Trinajstić information content (AvgIpc) is 3.17. The Morgan fingerprint density at radius 3 is 2.82 bits per heavy atom. The molecule has 0 saturated carbocycles. The van der Waals surface area contributed by atoms with Gasteiger partial charge in [-0.25, -0.2) is 14.5 Å². The largest absolute Gasteiger partial charge is 0.476 e. The summed E-state index contributed by atoms with van der Waals surface area (Å²) in [6, 6.07) is -0.140. The van der Waals surface area contributed by atoms with E-state index >= 15 is 0 Å². The van der Waals surface area contributed by atoms with Crippen molar-refractivity contribution in [2.24, 2.45) is 0 Å². The second-order valence-electron chi connectivity index (χ2n) is 4.79. The quantitative estimate of drug-likeness (QED) is 0.924. The summed E-state index contributed by atoms with van der Waals surface area (Å²) in [5.74, 6) is -1.17. The molecular formula is C11H10F3N5O2S. The lowest BCUT2D eigenvalue weighted by molar-refractivity contribution is -0.140. The van der Waals surface area contributed by atoms with Crippen LogP contribution in [-0.4, -0.2) is 44.1 Å². The molecule has 3 rings (SSSR count). The minimum atomic E-state index is -4.45. The van der Waals surface area contributed by atoms with E-state index in [0.717, 1.165) is 16.7 Å². The minimum absolute atomic E-state index is 0.140. The van der Waals surface area contributed by atoms with E-state index < -0.39 is 17.8 Å². The van der Waals surface area contributed by atoms with Gasteiger partial charge in [0, 0.05) is 18.5 Å². The summed E-state index contributed by atoms with van der Waals surface area (Å²) in [6.45, 7) is 0.935. The zero-order chi connectivity index (χ0) is 15.9. The number of rotatable bonds is 3. The van der Waals surface area contributed by atoms with Crippen LogP contribution in [0.3, 0.4) is 0 Å². The predicted molar refractivity (Wildman–Crippen MR) is 70.0 cm³/mol. The van der Waals surface area contributed by atoms with E-state index in [0.29, 0.717) is 24.6 Å². The van der Waals surface area contributed by atoms with Crippen molar-refractivity contribution in [3.05, 3.63) is 23.0 Å². The Morgan fingerprint density at radius 2 is 2.23 bits per heavy atom.